The van der Waals surface area contributed by atoms with Gasteiger partial charge in [-0.1, -0.05) is 0 Å². The summed E-state index contributed by atoms with van der Waals surface area (Å²) in [6.45, 7) is 1.67. The number of fused-ring (bicyclic) bond motifs is 1. The summed E-state index contributed by atoms with van der Waals surface area (Å²) < 4.78 is 5.46. The zero-order valence-corrected chi connectivity index (χ0v) is 8.44. The number of nitrogens with one attached hydrogen (secondary N) is 1. The number of nitrogens with zero attached hydrogens (tertiary/aromatic N) is 2. The molecule has 2 aromatic rings. The predicted molar refractivity (Wildman–Crippen MR) is 56.7 cm³/mol. The average Bonchev–Trinajstić information content (AvgIpc) is 2.74. The number of aromatic nitrogens is 3. The number of rotatable bonds is 1. The first-order valence-corrected chi connectivity index (χ1v) is 5.31. The van der Waals surface area contributed by atoms with Crippen molar-refractivity contribution in [2.75, 3.05) is 13.2 Å². The van der Waals surface area contributed by atoms with Crippen LogP contribution < -0.4 is 0 Å². The largest absolute Gasteiger partial charge is 0.381 e. The molecule has 4 heteroatoms. The first-order chi connectivity index (χ1) is 7.43. The van der Waals surface area contributed by atoms with Crippen molar-refractivity contribution in [3.63, 3.8) is 0 Å². The molecular weight excluding hydrogens is 190 g/mol. The van der Waals surface area contributed by atoms with Gasteiger partial charge in [-0.05, 0) is 18.9 Å². The van der Waals surface area contributed by atoms with Crippen LogP contribution in [0.25, 0.3) is 11.0 Å². The molecule has 1 aliphatic rings. The first-order valence-electron chi connectivity index (χ1n) is 5.31. The molecule has 0 aromatic carbocycles. The van der Waals surface area contributed by atoms with Gasteiger partial charge in [-0.25, -0.2) is 4.98 Å². The SMILES string of the molecule is c1cc2nc(C3CCCOC3)[nH]c2cn1. The molecule has 0 spiro atoms. The molecule has 2 aromatic heterocycles. The first kappa shape index (κ1) is 8.85. The Morgan fingerprint density at radius 2 is 2.47 bits per heavy atom. The number of ether oxygens (including phenoxy) is 1. The topological polar surface area (TPSA) is 50.8 Å². The lowest BCUT2D eigenvalue weighted by atomic mass is 10.0. The van der Waals surface area contributed by atoms with Crippen LogP contribution in [0.2, 0.25) is 0 Å². The molecule has 78 valence electrons. The fourth-order valence-electron chi connectivity index (χ4n) is 2.03. The summed E-state index contributed by atoms with van der Waals surface area (Å²) >= 11 is 0. The molecule has 1 fully saturated rings. The number of hydrogen-bond donors (Lipinski definition) is 1. The Hall–Kier alpha value is -1.42. The van der Waals surface area contributed by atoms with Crippen molar-refractivity contribution in [1.29, 1.82) is 0 Å². The lowest BCUT2D eigenvalue weighted by Crippen LogP contribution is -2.16. The van der Waals surface area contributed by atoms with Crippen molar-refractivity contribution >= 4 is 11.0 Å². The summed E-state index contributed by atoms with van der Waals surface area (Å²) in [5.41, 5.74) is 2.00. The van der Waals surface area contributed by atoms with E-state index in [0.29, 0.717) is 5.92 Å². The maximum absolute atomic E-state index is 5.46. The molecule has 1 unspecified atom stereocenters. The van der Waals surface area contributed by atoms with Crippen molar-refractivity contribution in [1.82, 2.24) is 15.0 Å². The molecule has 0 saturated carbocycles. The molecule has 3 rings (SSSR count). The summed E-state index contributed by atoms with van der Waals surface area (Å²) in [5.74, 6) is 1.46. The van der Waals surface area contributed by atoms with Gasteiger partial charge in [0.15, 0.2) is 0 Å². The third-order valence-corrected chi connectivity index (χ3v) is 2.85. The van der Waals surface area contributed by atoms with Gasteiger partial charge in [0, 0.05) is 18.7 Å². The smallest absolute Gasteiger partial charge is 0.112 e. The number of aromatic amines is 1. The summed E-state index contributed by atoms with van der Waals surface area (Å²) in [4.78, 5) is 11.9. The van der Waals surface area contributed by atoms with Crippen LogP contribution in [0, 0.1) is 0 Å². The van der Waals surface area contributed by atoms with Crippen LogP contribution in [0.15, 0.2) is 18.5 Å². The van der Waals surface area contributed by atoms with Gasteiger partial charge in [-0.2, -0.15) is 0 Å². The van der Waals surface area contributed by atoms with Gasteiger partial charge in [-0.3, -0.25) is 4.98 Å². The Bertz CT molecular complexity index is 427. The minimum Gasteiger partial charge on any atom is -0.381 e. The van der Waals surface area contributed by atoms with E-state index in [1.807, 2.05) is 12.3 Å². The van der Waals surface area contributed by atoms with Crippen LogP contribution in [-0.2, 0) is 4.74 Å². The summed E-state index contributed by atoms with van der Waals surface area (Å²) in [6.07, 6.45) is 5.87. The van der Waals surface area contributed by atoms with E-state index in [4.69, 9.17) is 4.74 Å². The van der Waals surface area contributed by atoms with Crippen molar-refractivity contribution in [3.8, 4) is 0 Å². The van der Waals surface area contributed by atoms with Crippen LogP contribution in [0.4, 0.5) is 0 Å². The molecule has 0 amide bonds. The van der Waals surface area contributed by atoms with E-state index >= 15 is 0 Å². The fourth-order valence-corrected chi connectivity index (χ4v) is 2.03. The van der Waals surface area contributed by atoms with E-state index in [9.17, 15) is 0 Å². The van der Waals surface area contributed by atoms with Gasteiger partial charge in [0.1, 0.15) is 5.82 Å². The van der Waals surface area contributed by atoms with E-state index in [2.05, 4.69) is 15.0 Å². The minimum atomic E-state index is 0.422. The molecule has 1 saturated heterocycles. The molecule has 1 atom stereocenters. The van der Waals surface area contributed by atoms with E-state index in [0.717, 1.165) is 42.9 Å². The van der Waals surface area contributed by atoms with Crippen LogP contribution in [0.5, 0.6) is 0 Å². The zero-order valence-electron chi connectivity index (χ0n) is 8.44. The lowest BCUT2D eigenvalue weighted by molar-refractivity contribution is 0.0784. The van der Waals surface area contributed by atoms with Gasteiger partial charge in [0.25, 0.3) is 0 Å². The molecular formula is C11H13N3O. The highest BCUT2D eigenvalue weighted by molar-refractivity contribution is 5.73. The Labute approximate surface area is 87.7 Å². The Kier molecular flexibility index (Phi) is 2.14. The molecule has 1 N–H and O–H groups in total. The second kappa shape index (κ2) is 3.62. The normalized spacial score (nSPS) is 22.0. The standard InChI is InChI=1S/C11H13N3O/c1-2-8(7-15-5-1)11-13-9-3-4-12-6-10(9)14-11/h3-4,6,8H,1-2,5,7H2,(H,13,14). The molecule has 0 aliphatic carbocycles. The van der Waals surface area contributed by atoms with Gasteiger partial charge in [0.2, 0.25) is 0 Å². The average molecular weight is 203 g/mol. The monoisotopic (exact) mass is 203 g/mol. The van der Waals surface area contributed by atoms with Gasteiger partial charge < -0.3 is 9.72 Å². The molecule has 3 heterocycles. The molecule has 4 nitrogen and oxygen atoms in total. The van der Waals surface area contributed by atoms with Crippen molar-refractivity contribution in [3.05, 3.63) is 24.3 Å². The van der Waals surface area contributed by atoms with Gasteiger partial charge in [0.05, 0.1) is 23.8 Å². The quantitative estimate of drug-likeness (QED) is 0.769. The highest BCUT2D eigenvalue weighted by atomic mass is 16.5. The highest BCUT2D eigenvalue weighted by Crippen LogP contribution is 2.24. The Morgan fingerprint density at radius 3 is 3.27 bits per heavy atom. The van der Waals surface area contributed by atoms with Crippen LogP contribution in [0.1, 0.15) is 24.6 Å². The van der Waals surface area contributed by atoms with Crippen LogP contribution in [0.3, 0.4) is 0 Å². The van der Waals surface area contributed by atoms with Crippen LogP contribution >= 0.6 is 0 Å². The zero-order chi connectivity index (χ0) is 10.1. The minimum absolute atomic E-state index is 0.422. The molecule has 15 heavy (non-hydrogen) atoms. The summed E-state index contributed by atoms with van der Waals surface area (Å²) in [5, 5.41) is 0. The Morgan fingerprint density at radius 1 is 1.47 bits per heavy atom. The summed E-state index contributed by atoms with van der Waals surface area (Å²) in [6, 6.07) is 1.93. The van der Waals surface area contributed by atoms with E-state index in [1.165, 1.54) is 0 Å². The molecule has 1 aliphatic heterocycles. The number of pyridine rings is 1. The molecule has 0 radical (unpaired) electrons. The second-order valence-corrected chi connectivity index (χ2v) is 3.93. The fraction of sp³-hybridized carbons (Fsp3) is 0.455. The second-order valence-electron chi connectivity index (χ2n) is 3.93. The molecule has 0 bridgehead atoms. The van der Waals surface area contributed by atoms with E-state index < -0.39 is 0 Å². The third kappa shape index (κ3) is 1.61. The van der Waals surface area contributed by atoms with Gasteiger partial charge in [-0.15, -0.1) is 0 Å². The number of hydrogen-bond acceptors (Lipinski definition) is 3. The van der Waals surface area contributed by atoms with E-state index in [-0.39, 0.29) is 0 Å². The van der Waals surface area contributed by atoms with Crippen molar-refractivity contribution in [2.24, 2.45) is 0 Å². The number of H-pyrrole nitrogens is 1. The van der Waals surface area contributed by atoms with Gasteiger partial charge >= 0.3 is 0 Å². The lowest BCUT2D eigenvalue weighted by Gasteiger charge is -2.19. The summed E-state index contributed by atoms with van der Waals surface area (Å²) in [7, 11) is 0. The third-order valence-electron chi connectivity index (χ3n) is 2.85. The maximum Gasteiger partial charge on any atom is 0.112 e. The van der Waals surface area contributed by atoms with E-state index in [1.54, 1.807) is 6.20 Å². The van der Waals surface area contributed by atoms with Crippen molar-refractivity contribution in [2.45, 2.75) is 18.8 Å². The van der Waals surface area contributed by atoms with Crippen molar-refractivity contribution < 1.29 is 4.74 Å². The van der Waals surface area contributed by atoms with Crippen LogP contribution in [-0.4, -0.2) is 28.2 Å². The maximum atomic E-state index is 5.46. The highest BCUT2D eigenvalue weighted by Gasteiger charge is 2.19. The Balaban J connectivity index is 1.96. The predicted octanol–water partition coefficient (Wildman–Crippen LogP) is 1.85. The number of imidazole rings is 1.